The summed E-state index contributed by atoms with van der Waals surface area (Å²) in [7, 11) is -16.7. The van der Waals surface area contributed by atoms with E-state index in [1.807, 2.05) is 5.92 Å². The fourth-order valence-corrected chi connectivity index (χ4v) is 7.56. The normalized spacial score (nSPS) is 20.9. The zero-order valence-electron chi connectivity index (χ0n) is 33.8. The van der Waals surface area contributed by atoms with Gasteiger partial charge in [-0.2, -0.15) is 0 Å². The maximum Gasteiger partial charge on any atom is 0.472 e. The predicted octanol–water partition coefficient (Wildman–Crippen LogP) is 2.52. The number of carbonyl (C=O) groups excluding carboxylic acids is 2. The molecule has 1 fully saturated rings. The molecule has 1 rings (SSSR count). The molecular weight excluding hydrogens is 865 g/mol. The summed E-state index contributed by atoms with van der Waals surface area (Å²) in [6.45, 7) is 1.99. The summed E-state index contributed by atoms with van der Waals surface area (Å²) in [6.07, 6.45) is -2.99. The summed E-state index contributed by atoms with van der Waals surface area (Å²) in [4.78, 5) is 72.3. The van der Waals surface area contributed by atoms with E-state index in [-0.39, 0.29) is 6.42 Å². The molecule has 0 bridgehead atoms. The van der Waals surface area contributed by atoms with Crippen LogP contribution in [0.5, 0.6) is 0 Å². The van der Waals surface area contributed by atoms with E-state index in [1.165, 1.54) is 44.9 Å². The average Bonchev–Trinajstić information content (AvgIpc) is 3.18. The van der Waals surface area contributed by atoms with Crippen molar-refractivity contribution < 1.29 is 90.6 Å². The van der Waals surface area contributed by atoms with Gasteiger partial charge in [0.2, 0.25) is 0 Å². The Hall–Kier alpha value is -3.49. The highest BCUT2D eigenvalue weighted by Crippen LogP contribution is 2.51. The number of aliphatic hydroxyl groups excluding tert-OH is 3. The lowest BCUT2D eigenvalue weighted by Crippen LogP contribution is -2.65. The lowest BCUT2D eigenvalue weighted by Gasteiger charge is -2.44. The molecule has 338 valence electrons. The van der Waals surface area contributed by atoms with Gasteiger partial charge in [0.15, 0.2) is 6.10 Å². The molecule has 0 heterocycles. The third-order valence-corrected chi connectivity index (χ3v) is 10.3. The Bertz CT molecular complexity index is 1930. The summed E-state index contributed by atoms with van der Waals surface area (Å²) < 4.78 is 64.5. The number of unbranched alkanes of at least 4 members (excludes halogenated alkanes) is 12. The van der Waals surface area contributed by atoms with E-state index >= 15 is 0 Å². The number of hydrogen-bond donors (Lipinski definition) is 8. The second-order valence-electron chi connectivity index (χ2n) is 13.3. The van der Waals surface area contributed by atoms with Gasteiger partial charge in [0.05, 0.1) is 6.61 Å². The average molecular weight is 919 g/mol. The first-order chi connectivity index (χ1) is 28.8. The van der Waals surface area contributed by atoms with E-state index in [0.29, 0.717) is 12.8 Å². The highest BCUT2D eigenvalue weighted by Gasteiger charge is 2.56. The molecule has 8 atom stereocenters. The molecule has 1 saturated carbocycles. The molecule has 0 saturated heterocycles. The van der Waals surface area contributed by atoms with Gasteiger partial charge in [0.25, 0.3) is 0 Å². The maximum atomic E-state index is 13.0. The van der Waals surface area contributed by atoms with Gasteiger partial charge in [-0.1, -0.05) is 89.9 Å². The first kappa shape index (κ1) is 55.5. The van der Waals surface area contributed by atoms with E-state index < -0.39 is 91.3 Å². The van der Waals surface area contributed by atoms with E-state index in [2.05, 4.69) is 81.1 Å². The number of ether oxygens (including phenoxy) is 2. The van der Waals surface area contributed by atoms with Crippen molar-refractivity contribution in [2.45, 2.75) is 146 Å². The lowest BCUT2D eigenvalue weighted by molar-refractivity contribution is -0.213. The number of aliphatic hydroxyl groups is 3. The molecule has 1 aliphatic carbocycles. The van der Waals surface area contributed by atoms with Crippen LogP contribution in [0.25, 0.3) is 0 Å². The first-order valence-corrected chi connectivity index (χ1v) is 23.8. The molecule has 1 aliphatic rings. The smallest absolute Gasteiger partial charge is 0.456 e. The highest BCUT2D eigenvalue weighted by molar-refractivity contribution is 7.47. The van der Waals surface area contributed by atoms with Crippen LogP contribution in [0.2, 0.25) is 0 Å². The van der Waals surface area contributed by atoms with Crippen molar-refractivity contribution in [2.24, 2.45) is 0 Å². The summed E-state index contributed by atoms with van der Waals surface area (Å²) in [5, 5.41) is 31.7. The maximum absolute atomic E-state index is 13.0. The van der Waals surface area contributed by atoms with Crippen molar-refractivity contribution >= 4 is 35.4 Å². The van der Waals surface area contributed by atoms with Crippen molar-refractivity contribution in [2.75, 3.05) is 13.2 Å². The van der Waals surface area contributed by atoms with Gasteiger partial charge in [-0.15, -0.1) is 0 Å². The van der Waals surface area contributed by atoms with Gasteiger partial charge >= 0.3 is 35.4 Å². The van der Waals surface area contributed by atoms with Gasteiger partial charge in [-0.25, -0.2) is 18.5 Å². The quantitative estimate of drug-likeness (QED) is 0.0203. The van der Waals surface area contributed by atoms with Crippen LogP contribution in [0.4, 0.5) is 0 Å². The predicted molar refractivity (Wildman–Crippen MR) is 216 cm³/mol. The van der Waals surface area contributed by atoms with Crippen molar-refractivity contribution in [1.82, 2.24) is 0 Å². The summed E-state index contributed by atoms with van der Waals surface area (Å²) >= 11 is 0. The number of rotatable bonds is 26. The highest BCUT2D eigenvalue weighted by atomic mass is 31.2. The zero-order valence-corrected chi connectivity index (χ0v) is 36.4. The van der Waals surface area contributed by atoms with Crippen LogP contribution in [-0.4, -0.2) is 108 Å². The minimum atomic E-state index is -5.63. The van der Waals surface area contributed by atoms with Gasteiger partial charge in [0, 0.05) is 12.3 Å². The van der Waals surface area contributed by atoms with Gasteiger partial charge in [-0.3, -0.25) is 22.9 Å². The molecule has 61 heavy (non-hydrogen) atoms. The Morgan fingerprint density at radius 2 is 0.984 bits per heavy atom. The van der Waals surface area contributed by atoms with Crippen LogP contribution >= 0.6 is 23.5 Å². The summed E-state index contributed by atoms with van der Waals surface area (Å²) in [6, 6.07) is 0. The Labute approximate surface area is 356 Å². The molecule has 0 aliphatic heterocycles. The summed E-state index contributed by atoms with van der Waals surface area (Å²) in [5.41, 5.74) is 0. The fourth-order valence-electron chi connectivity index (χ4n) is 5.46. The number of esters is 2. The van der Waals surface area contributed by atoms with Gasteiger partial charge < -0.3 is 49.3 Å². The molecule has 4 unspecified atom stereocenters. The minimum absolute atomic E-state index is 0.0765. The van der Waals surface area contributed by atoms with E-state index in [1.54, 1.807) is 6.92 Å². The molecular formula is C39H53O19P3. The molecule has 0 aromatic rings. The third kappa shape index (κ3) is 27.2. The lowest BCUT2D eigenvalue weighted by atomic mass is 9.85. The first-order valence-electron chi connectivity index (χ1n) is 19.3. The molecule has 0 aromatic heterocycles. The number of hydrogen-bond acceptors (Lipinski definition) is 14. The third-order valence-electron chi connectivity index (χ3n) is 8.25. The Morgan fingerprint density at radius 3 is 1.46 bits per heavy atom. The molecule has 0 amide bonds. The van der Waals surface area contributed by atoms with Gasteiger partial charge in [-0.05, 0) is 72.5 Å². The molecule has 22 heteroatoms. The van der Waals surface area contributed by atoms with Crippen LogP contribution in [-0.2, 0) is 50.9 Å². The monoisotopic (exact) mass is 918 g/mol. The molecule has 19 nitrogen and oxygen atoms in total. The number of phosphoric ester groups is 3. The molecule has 0 aromatic carbocycles. The topological polar surface area (TPSA) is 303 Å². The molecule has 0 spiro atoms. The van der Waals surface area contributed by atoms with Gasteiger partial charge in [0.1, 0.15) is 43.2 Å². The Kier molecular flexibility index (Phi) is 27.8. The zero-order chi connectivity index (χ0) is 45.7. The fraction of sp³-hybridized carbons (Fsp3) is 0.641. The second kappa shape index (κ2) is 30.5. The number of phosphoric acid groups is 3. The van der Waals surface area contributed by atoms with E-state index in [0.717, 1.165) is 25.7 Å². The standard InChI is InChI=1S/C39H53O19P3/c1-3-5-7-9-11-13-15-16-18-20-22-24-26-28-33(41)55-31(29-53-32(40)27-25-23-21-19-17-14-12-10-8-6-4-2)30-54-61(51,52)58-37-34(42)35(43)38(56-59(45,46)47)39(36(37)44)57-60(48,49)50/h31,34-39,42-44H,3,5,7,9,11,13,15-16,18,20,22,24,26,28-30H2,1-2H3,(H,51,52)(H2,45,46,47)(H2,48,49,50)/t31-,34?,35+,36-,37?,38+,39?/m1/s1. The molecule has 0 radical (unpaired) electrons. The van der Waals surface area contributed by atoms with Crippen LogP contribution in [0.15, 0.2) is 0 Å². The number of carbonyl (C=O) groups is 2. The van der Waals surface area contributed by atoms with Crippen molar-refractivity contribution in [3.8, 4) is 71.0 Å². The second-order valence-corrected chi connectivity index (χ2v) is 17.0. The van der Waals surface area contributed by atoms with Crippen LogP contribution in [0.3, 0.4) is 0 Å². The van der Waals surface area contributed by atoms with E-state index in [9.17, 15) is 63.1 Å². The minimum Gasteiger partial charge on any atom is -0.456 e. The van der Waals surface area contributed by atoms with Crippen LogP contribution in [0, 0.1) is 71.0 Å². The largest absolute Gasteiger partial charge is 0.472 e. The van der Waals surface area contributed by atoms with Crippen molar-refractivity contribution in [3.05, 3.63) is 0 Å². The van der Waals surface area contributed by atoms with Crippen LogP contribution < -0.4 is 0 Å². The van der Waals surface area contributed by atoms with Crippen LogP contribution in [0.1, 0.15) is 104 Å². The van der Waals surface area contributed by atoms with Crippen molar-refractivity contribution in [3.63, 3.8) is 0 Å². The SMILES string of the molecule is CC#CC#CC#CC#CC#CC#CC(=O)OC[C@H](COP(=O)(O)OC1C(O)[C@H](O)[C@H](OP(=O)(O)O)C(OP(=O)(O)O)[C@@H]1O)OC(=O)CCCCCCCCCCCCCCC. The summed E-state index contributed by atoms with van der Waals surface area (Å²) in [5.74, 6) is 26.3. The Balaban J connectivity index is 2.95. The Morgan fingerprint density at radius 1 is 0.557 bits per heavy atom. The van der Waals surface area contributed by atoms with Crippen molar-refractivity contribution in [1.29, 1.82) is 0 Å². The van der Waals surface area contributed by atoms with E-state index in [4.69, 9.17) is 18.5 Å². The molecule has 8 N–H and O–H groups in total.